The van der Waals surface area contributed by atoms with E-state index in [-0.39, 0.29) is 48.9 Å². The van der Waals surface area contributed by atoms with Gasteiger partial charge in [0.15, 0.2) is 5.78 Å². The molecule has 2 aromatic heterocycles. The van der Waals surface area contributed by atoms with Gasteiger partial charge in [0.25, 0.3) is 0 Å². The van der Waals surface area contributed by atoms with Crippen molar-refractivity contribution in [3.63, 3.8) is 0 Å². The van der Waals surface area contributed by atoms with E-state index in [2.05, 4.69) is 89.2 Å². The average molecular weight is 908 g/mol. The van der Waals surface area contributed by atoms with E-state index in [1.807, 2.05) is 39.0 Å². The molecule has 1 aliphatic rings. The largest absolute Gasteiger partial charge is 0.512 e. The second kappa shape index (κ2) is 18.9. The molecule has 1 N–H and O–H groups in total. The third kappa shape index (κ3) is 9.93. The maximum atomic E-state index is 11.7. The van der Waals surface area contributed by atoms with Crippen LogP contribution in [0.4, 0.5) is 0 Å². The summed E-state index contributed by atoms with van der Waals surface area (Å²) in [6.07, 6.45) is 13.4. The smallest absolute Gasteiger partial charge is 0.162 e. The van der Waals surface area contributed by atoms with Crippen LogP contribution in [0.2, 0.25) is 0 Å². The first kappa shape index (κ1) is 42.6. The molecule has 0 unspecified atom stereocenters. The fourth-order valence-electron chi connectivity index (χ4n) is 7.89. The van der Waals surface area contributed by atoms with Crippen LogP contribution in [0.3, 0.4) is 0 Å². The number of carbonyl (C=O) groups is 1. The molecule has 6 rings (SSSR count). The number of carbonyl (C=O) groups excluding carboxylic acids is 1. The van der Waals surface area contributed by atoms with Crippen molar-refractivity contribution in [2.24, 2.45) is 17.8 Å². The molecule has 0 amide bonds. The van der Waals surface area contributed by atoms with Crippen LogP contribution in [-0.4, -0.2) is 20.9 Å². The van der Waals surface area contributed by atoms with Crippen LogP contribution in [-0.2, 0) is 36.7 Å². The fourth-order valence-corrected chi connectivity index (χ4v) is 9.24. The monoisotopic (exact) mass is 908 g/mol. The van der Waals surface area contributed by atoms with Crippen molar-refractivity contribution in [3.05, 3.63) is 95.0 Å². The number of hydrogen-bond donors (Lipinski definition) is 1. The summed E-state index contributed by atoms with van der Waals surface area (Å²) in [4.78, 5) is 22.6. The molecule has 0 spiro atoms. The van der Waals surface area contributed by atoms with Gasteiger partial charge < -0.3 is 5.11 Å². The van der Waals surface area contributed by atoms with Gasteiger partial charge in [0, 0.05) is 53.3 Å². The van der Waals surface area contributed by atoms with Gasteiger partial charge in [0.2, 0.25) is 0 Å². The summed E-state index contributed by atoms with van der Waals surface area (Å²) in [6.45, 7) is 19.4. The summed E-state index contributed by atoms with van der Waals surface area (Å²) < 4.78 is 1.15. The quantitative estimate of drug-likeness (QED) is 0.0815. The molecule has 3 aromatic carbocycles. The van der Waals surface area contributed by atoms with Crippen molar-refractivity contribution in [1.82, 2.24) is 9.97 Å². The maximum absolute atomic E-state index is 11.7. The minimum Gasteiger partial charge on any atom is -0.512 e. The molecule has 1 fully saturated rings. The van der Waals surface area contributed by atoms with E-state index in [1.165, 1.54) is 76.3 Å². The van der Waals surface area contributed by atoms with Crippen LogP contribution in [0.1, 0.15) is 122 Å². The molecule has 0 saturated heterocycles. The topological polar surface area (TPSA) is 63.1 Å². The maximum Gasteiger partial charge on any atom is 0.162 e. The summed E-state index contributed by atoms with van der Waals surface area (Å²) in [5.41, 5.74) is 9.82. The second-order valence-electron chi connectivity index (χ2n) is 15.9. The van der Waals surface area contributed by atoms with Crippen molar-refractivity contribution in [2.75, 3.05) is 0 Å². The third-order valence-electron chi connectivity index (χ3n) is 11.2. The van der Waals surface area contributed by atoms with Gasteiger partial charge in [-0.2, -0.15) is 0 Å². The zero-order chi connectivity index (χ0) is 37.6. The number of thiophene rings is 1. The minimum atomic E-state index is 0. The first-order chi connectivity index (χ1) is 24.9. The SMILES string of the molecule is CCC(CC)C(=O)/C=C(\O)C(CC)CC.Cc1cc(CC2CCCC2)ccc1-c1sc2c(-c3[c-]c4ccccc4c(C(C)(C)C)c3)ncnc2c1C.[Ir]. The van der Waals surface area contributed by atoms with Gasteiger partial charge in [-0.25, -0.2) is 4.98 Å². The van der Waals surface area contributed by atoms with Gasteiger partial charge in [-0.15, -0.1) is 40.5 Å². The molecule has 0 atom stereocenters. The Labute approximate surface area is 336 Å². The zero-order valence-corrected chi connectivity index (χ0v) is 36.6. The number of ketones is 1. The molecule has 1 radical (unpaired) electrons. The molecule has 285 valence electrons. The number of hydrogen-bond acceptors (Lipinski definition) is 5. The Morgan fingerprint density at radius 1 is 0.943 bits per heavy atom. The summed E-state index contributed by atoms with van der Waals surface area (Å²) in [5.74, 6) is 1.41. The van der Waals surface area contributed by atoms with Gasteiger partial charge in [-0.05, 0) is 79.5 Å². The number of rotatable bonds is 11. The van der Waals surface area contributed by atoms with Crippen molar-refractivity contribution < 1.29 is 30.0 Å². The summed E-state index contributed by atoms with van der Waals surface area (Å²) in [5, 5.41) is 12.2. The number of aromatic nitrogens is 2. The first-order valence-electron chi connectivity index (χ1n) is 19.6. The molecular formula is C47H59IrN2O2S-. The van der Waals surface area contributed by atoms with E-state index in [1.54, 1.807) is 6.33 Å². The van der Waals surface area contributed by atoms with Crippen molar-refractivity contribution in [3.8, 4) is 21.7 Å². The van der Waals surface area contributed by atoms with E-state index in [0.29, 0.717) is 0 Å². The molecule has 2 heterocycles. The first-order valence-corrected chi connectivity index (χ1v) is 20.5. The molecule has 1 saturated carbocycles. The molecule has 0 bridgehead atoms. The summed E-state index contributed by atoms with van der Waals surface area (Å²) in [7, 11) is 0. The van der Waals surface area contributed by atoms with Gasteiger partial charge in [0.05, 0.1) is 11.3 Å². The number of aryl methyl sites for hydroxylation is 2. The van der Waals surface area contributed by atoms with E-state index < -0.39 is 0 Å². The van der Waals surface area contributed by atoms with Crippen LogP contribution in [0.15, 0.2) is 66.7 Å². The summed E-state index contributed by atoms with van der Waals surface area (Å²) >= 11 is 1.83. The molecule has 53 heavy (non-hydrogen) atoms. The third-order valence-corrected chi connectivity index (χ3v) is 12.5. The Balaban J connectivity index is 0.000000335. The van der Waals surface area contributed by atoms with Gasteiger partial charge in [-0.1, -0.05) is 121 Å². The van der Waals surface area contributed by atoms with Crippen LogP contribution in [0.25, 0.3) is 42.7 Å². The number of nitrogens with zero attached hydrogens (tertiary/aromatic N) is 2. The Bertz CT molecular complexity index is 2020. The Morgan fingerprint density at radius 2 is 1.60 bits per heavy atom. The Morgan fingerprint density at radius 3 is 2.23 bits per heavy atom. The summed E-state index contributed by atoms with van der Waals surface area (Å²) in [6, 6.07) is 21.7. The minimum absolute atomic E-state index is 0. The number of aliphatic hydroxyl groups is 1. The van der Waals surface area contributed by atoms with Crippen molar-refractivity contribution in [1.29, 1.82) is 0 Å². The fraction of sp³-hybridized carbons (Fsp3) is 0.468. The number of aliphatic hydroxyl groups excluding tert-OH is 1. The Hall–Kier alpha value is -3.18. The Kier molecular flexibility index (Phi) is 15.2. The van der Waals surface area contributed by atoms with E-state index in [4.69, 9.17) is 9.97 Å². The average Bonchev–Trinajstić information content (AvgIpc) is 3.76. The predicted molar refractivity (Wildman–Crippen MR) is 222 cm³/mol. The zero-order valence-electron chi connectivity index (χ0n) is 33.4. The van der Waals surface area contributed by atoms with Crippen molar-refractivity contribution in [2.45, 2.75) is 126 Å². The number of fused-ring (bicyclic) bond motifs is 2. The van der Waals surface area contributed by atoms with Gasteiger partial charge >= 0.3 is 0 Å². The van der Waals surface area contributed by atoms with E-state index in [9.17, 15) is 9.90 Å². The second-order valence-corrected chi connectivity index (χ2v) is 16.9. The van der Waals surface area contributed by atoms with Crippen molar-refractivity contribution >= 4 is 38.1 Å². The molecule has 0 aliphatic heterocycles. The molecule has 6 heteroatoms. The van der Waals surface area contributed by atoms with Crippen LogP contribution in [0.5, 0.6) is 0 Å². The van der Waals surface area contributed by atoms with Crippen LogP contribution >= 0.6 is 11.3 Å². The molecule has 4 nitrogen and oxygen atoms in total. The molecule has 1 aliphatic carbocycles. The van der Waals surface area contributed by atoms with Crippen LogP contribution < -0.4 is 0 Å². The molecular weight excluding hydrogens is 849 g/mol. The predicted octanol–water partition coefficient (Wildman–Crippen LogP) is 13.5. The number of benzene rings is 3. The van der Waals surface area contributed by atoms with E-state index in [0.717, 1.165) is 58.5 Å². The standard InChI is InChI=1S/C34H35N2S.C13H24O2.Ir/c1-21-16-24(17-23-10-6-7-11-23)14-15-27(21)32-22(2)30-33(37-32)31(36-20-35-30)26-18-25-12-8-9-13-28(25)29(19-26)34(3,4)5;1-5-10(6-2)12(14)9-13(15)11(7-3)8-4;/h8-9,12-16,19-20,23H,6-7,10-11,17H2,1-5H3;9-11,14H,5-8H2,1-4H3;/q-1;;/b;12-9-;. The normalized spacial score (nSPS) is 13.8. The van der Waals surface area contributed by atoms with Gasteiger partial charge in [-0.3, -0.25) is 9.78 Å². The van der Waals surface area contributed by atoms with E-state index >= 15 is 0 Å². The molecule has 5 aromatic rings. The van der Waals surface area contributed by atoms with Gasteiger partial charge in [0.1, 0.15) is 6.33 Å². The number of allylic oxidation sites excluding steroid dienone is 2. The van der Waals surface area contributed by atoms with Crippen LogP contribution in [0, 0.1) is 37.7 Å².